The molecule has 3 nitrogen and oxygen atoms in total. The summed E-state index contributed by atoms with van der Waals surface area (Å²) >= 11 is 0. The third-order valence-corrected chi connectivity index (χ3v) is 5.56. The van der Waals surface area contributed by atoms with Gasteiger partial charge in [-0.2, -0.15) is 0 Å². The SMILES string of the molecule is CCCC1CCC(O)C(CN2CCC(C(C)O)CC2)C1. The smallest absolute Gasteiger partial charge is 0.0580 e. The van der Waals surface area contributed by atoms with Crippen LogP contribution in [0.2, 0.25) is 0 Å². The van der Waals surface area contributed by atoms with Crippen molar-refractivity contribution in [1.29, 1.82) is 0 Å². The summed E-state index contributed by atoms with van der Waals surface area (Å²) in [4.78, 5) is 2.51. The van der Waals surface area contributed by atoms with Gasteiger partial charge in [0.05, 0.1) is 12.2 Å². The minimum Gasteiger partial charge on any atom is -0.393 e. The van der Waals surface area contributed by atoms with Crippen LogP contribution in [0.1, 0.15) is 58.8 Å². The lowest BCUT2D eigenvalue weighted by Gasteiger charge is -2.39. The van der Waals surface area contributed by atoms with Crippen molar-refractivity contribution < 1.29 is 10.2 Å². The molecule has 0 aromatic rings. The first kappa shape index (κ1) is 16.3. The van der Waals surface area contributed by atoms with E-state index >= 15 is 0 Å². The summed E-state index contributed by atoms with van der Waals surface area (Å²) in [5.41, 5.74) is 0. The molecule has 0 aromatic carbocycles. The maximum atomic E-state index is 10.3. The Hall–Kier alpha value is -0.120. The molecule has 0 amide bonds. The quantitative estimate of drug-likeness (QED) is 0.815. The van der Waals surface area contributed by atoms with Crippen LogP contribution in [-0.2, 0) is 0 Å². The highest BCUT2D eigenvalue weighted by Gasteiger charge is 2.31. The van der Waals surface area contributed by atoms with Gasteiger partial charge in [-0.1, -0.05) is 19.8 Å². The van der Waals surface area contributed by atoms with Crippen LogP contribution < -0.4 is 0 Å². The molecule has 1 aliphatic carbocycles. The van der Waals surface area contributed by atoms with Crippen LogP contribution in [0.15, 0.2) is 0 Å². The van der Waals surface area contributed by atoms with E-state index in [0.717, 1.165) is 44.8 Å². The molecule has 1 heterocycles. The lowest BCUT2D eigenvalue weighted by molar-refractivity contribution is 0.0108. The van der Waals surface area contributed by atoms with Crippen molar-refractivity contribution >= 4 is 0 Å². The Kier molecular flexibility index (Phi) is 6.31. The molecule has 0 spiro atoms. The van der Waals surface area contributed by atoms with Gasteiger partial charge in [-0.05, 0) is 69.9 Å². The highest BCUT2D eigenvalue weighted by atomic mass is 16.3. The van der Waals surface area contributed by atoms with Crippen LogP contribution in [0.5, 0.6) is 0 Å². The van der Waals surface area contributed by atoms with Gasteiger partial charge in [0, 0.05) is 6.54 Å². The summed E-state index contributed by atoms with van der Waals surface area (Å²) in [5.74, 6) is 1.79. The number of rotatable bonds is 5. The predicted octanol–water partition coefficient (Wildman–Crippen LogP) is 2.66. The first-order valence-electron chi connectivity index (χ1n) is 8.68. The molecule has 1 saturated carbocycles. The number of piperidine rings is 1. The summed E-state index contributed by atoms with van der Waals surface area (Å²) in [5, 5.41) is 19.9. The minimum atomic E-state index is -0.161. The van der Waals surface area contributed by atoms with Crippen LogP contribution in [0.25, 0.3) is 0 Å². The van der Waals surface area contributed by atoms with E-state index in [0.29, 0.717) is 11.8 Å². The van der Waals surface area contributed by atoms with E-state index in [9.17, 15) is 10.2 Å². The van der Waals surface area contributed by atoms with Gasteiger partial charge in [0.15, 0.2) is 0 Å². The van der Waals surface area contributed by atoms with Crippen molar-refractivity contribution in [2.45, 2.75) is 71.0 Å². The fraction of sp³-hybridized carbons (Fsp3) is 1.00. The number of aliphatic hydroxyl groups excluding tert-OH is 2. The molecule has 3 heteroatoms. The molecule has 2 N–H and O–H groups in total. The van der Waals surface area contributed by atoms with Gasteiger partial charge in [0.25, 0.3) is 0 Å². The molecule has 4 atom stereocenters. The van der Waals surface area contributed by atoms with E-state index in [1.165, 1.54) is 25.7 Å². The van der Waals surface area contributed by atoms with Gasteiger partial charge >= 0.3 is 0 Å². The van der Waals surface area contributed by atoms with E-state index in [-0.39, 0.29) is 12.2 Å². The second-order valence-corrected chi connectivity index (χ2v) is 7.17. The second kappa shape index (κ2) is 7.77. The Labute approximate surface area is 124 Å². The molecule has 2 fully saturated rings. The van der Waals surface area contributed by atoms with Crippen molar-refractivity contribution in [3.8, 4) is 0 Å². The van der Waals surface area contributed by atoms with Gasteiger partial charge in [-0.15, -0.1) is 0 Å². The van der Waals surface area contributed by atoms with Gasteiger partial charge in [0.2, 0.25) is 0 Å². The largest absolute Gasteiger partial charge is 0.393 e. The van der Waals surface area contributed by atoms with Gasteiger partial charge in [0.1, 0.15) is 0 Å². The fourth-order valence-electron chi connectivity index (χ4n) is 4.16. The zero-order chi connectivity index (χ0) is 14.5. The monoisotopic (exact) mass is 283 g/mol. The van der Waals surface area contributed by atoms with Crippen LogP contribution in [0.4, 0.5) is 0 Å². The zero-order valence-electron chi connectivity index (χ0n) is 13.3. The molecule has 1 aliphatic heterocycles. The summed E-state index contributed by atoms with van der Waals surface area (Å²) in [7, 11) is 0. The fourth-order valence-corrected chi connectivity index (χ4v) is 4.16. The zero-order valence-corrected chi connectivity index (χ0v) is 13.3. The molecule has 20 heavy (non-hydrogen) atoms. The Bertz CT molecular complexity index is 274. The highest BCUT2D eigenvalue weighted by Crippen LogP contribution is 2.33. The number of hydrogen-bond acceptors (Lipinski definition) is 3. The molecular weight excluding hydrogens is 250 g/mol. The van der Waals surface area contributed by atoms with Crippen LogP contribution in [0, 0.1) is 17.8 Å². The second-order valence-electron chi connectivity index (χ2n) is 7.17. The third kappa shape index (κ3) is 4.44. The number of aliphatic hydroxyl groups is 2. The number of hydrogen-bond donors (Lipinski definition) is 2. The standard InChI is InChI=1S/C17H33NO2/c1-3-4-14-5-6-17(20)16(11-14)12-18-9-7-15(8-10-18)13(2)19/h13-17,19-20H,3-12H2,1-2H3. The summed E-state index contributed by atoms with van der Waals surface area (Å²) in [6.07, 6.45) is 8.00. The number of likely N-dealkylation sites (tertiary alicyclic amines) is 1. The van der Waals surface area contributed by atoms with Crippen molar-refractivity contribution in [2.75, 3.05) is 19.6 Å². The van der Waals surface area contributed by atoms with Gasteiger partial charge in [-0.3, -0.25) is 0 Å². The van der Waals surface area contributed by atoms with Crippen molar-refractivity contribution in [3.63, 3.8) is 0 Å². The molecule has 2 aliphatic rings. The molecule has 0 radical (unpaired) electrons. The lowest BCUT2D eigenvalue weighted by atomic mass is 9.77. The van der Waals surface area contributed by atoms with Crippen LogP contribution in [-0.4, -0.2) is 47.0 Å². The Morgan fingerprint density at radius 2 is 1.85 bits per heavy atom. The average Bonchev–Trinajstić information content (AvgIpc) is 2.43. The minimum absolute atomic E-state index is 0.0856. The van der Waals surface area contributed by atoms with Crippen LogP contribution >= 0.6 is 0 Å². The van der Waals surface area contributed by atoms with E-state index < -0.39 is 0 Å². The summed E-state index contributed by atoms with van der Waals surface area (Å²) < 4.78 is 0. The lowest BCUT2D eigenvalue weighted by Crippen LogP contribution is -2.43. The third-order valence-electron chi connectivity index (χ3n) is 5.56. The van der Waals surface area contributed by atoms with E-state index in [2.05, 4.69) is 11.8 Å². The highest BCUT2D eigenvalue weighted by molar-refractivity contribution is 4.84. The maximum Gasteiger partial charge on any atom is 0.0580 e. The molecule has 0 aromatic heterocycles. The van der Waals surface area contributed by atoms with Crippen molar-refractivity contribution in [1.82, 2.24) is 4.90 Å². The molecule has 4 unspecified atom stereocenters. The van der Waals surface area contributed by atoms with Crippen LogP contribution in [0.3, 0.4) is 0 Å². The molecule has 1 saturated heterocycles. The Morgan fingerprint density at radius 3 is 2.45 bits per heavy atom. The van der Waals surface area contributed by atoms with Crippen molar-refractivity contribution in [2.24, 2.45) is 17.8 Å². The van der Waals surface area contributed by atoms with E-state index in [1.807, 2.05) is 6.92 Å². The normalized spacial score (nSPS) is 35.1. The predicted molar refractivity (Wildman–Crippen MR) is 82.6 cm³/mol. The van der Waals surface area contributed by atoms with E-state index in [4.69, 9.17) is 0 Å². The molecule has 2 rings (SSSR count). The first-order chi connectivity index (χ1) is 9.60. The summed E-state index contributed by atoms with van der Waals surface area (Å²) in [6.45, 7) is 7.43. The topological polar surface area (TPSA) is 43.7 Å². The summed E-state index contributed by atoms with van der Waals surface area (Å²) in [6, 6.07) is 0. The molecule has 0 bridgehead atoms. The van der Waals surface area contributed by atoms with Gasteiger partial charge in [-0.25, -0.2) is 0 Å². The maximum absolute atomic E-state index is 10.3. The Balaban J connectivity index is 1.77. The van der Waals surface area contributed by atoms with Gasteiger partial charge < -0.3 is 15.1 Å². The molecule has 118 valence electrons. The Morgan fingerprint density at radius 1 is 1.15 bits per heavy atom. The van der Waals surface area contributed by atoms with Crippen molar-refractivity contribution in [3.05, 3.63) is 0 Å². The number of nitrogens with zero attached hydrogens (tertiary/aromatic N) is 1. The van der Waals surface area contributed by atoms with E-state index in [1.54, 1.807) is 0 Å². The molecular formula is C17H33NO2. The first-order valence-corrected chi connectivity index (χ1v) is 8.68. The average molecular weight is 283 g/mol.